The second-order valence-electron chi connectivity index (χ2n) is 4.99. The van der Waals surface area contributed by atoms with Gasteiger partial charge in [0.1, 0.15) is 5.75 Å². The summed E-state index contributed by atoms with van der Waals surface area (Å²) in [5.74, 6) is 0.0148. The van der Waals surface area contributed by atoms with Crippen LogP contribution in [0.1, 0.15) is 6.42 Å². The Bertz CT molecular complexity index is 802. The summed E-state index contributed by atoms with van der Waals surface area (Å²) >= 11 is 1.52. The molecule has 0 aromatic heterocycles. The van der Waals surface area contributed by atoms with Crippen LogP contribution in [-0.4, -0.2) is 33.4 Å². The van der Waals surface area contributed by atoms with Crippen LogP contribution < -0.4 is 10.1 Å². The number of carbonyl (C=O) groups is 1. The van der Waals surface area contributed by atoms with E-state index in [1.165, 1.54) is 31.0 Å². The number of ether oxygens (including phenoxy) is 1. The lowest BCUT2D eigenvalue weighted by Gasteiger charge is -2.09. The average Bonchev–Trinajstić information content (AvgIpc) is 2.60. The molecule has 2 aromatic rings. The van der Waals surface area contributed by atoms with Crippen molar-refractivity contribution in [3.63, 3.8) is 0 Å². The number of rotatable bonds is 7. The molecule has 0 aliphatic carbocycles. The number of carbonyl (C=O) groups excluding carboxylic acids is 1. The van der Waals surface area contributed by atoms with Crippen LogP contribution in [0.2, 0.25) is 0 Å². The standard InChI is InChI=1S/C17H19NO4S2/c1-22-13-7-9-14(10-8-13)24(20,21)12-11-17(19)18-15-5-3-4-6-16(15)23-2/h3-10H,11-12H2,1-2H3,(H,18,19). The molecule has 0 unspecified atom stereocenters. The van der Waals surface area contributed by atoms with Gasteiger partial charge in [-0.2, -0.15) is 0 Å². The van der Waals surface area contributed by atoms with E-state index < -0.39 is 9.84 Å². The molecule has 7 heteroatoms. The molecule has 0 saturated carbocycles. The minimum Gasteiger partial charge on any atom is -0.497 e. The lowest BCUT2D eigenvalue weighted by Crippen LogP contribution is -2.17. The van der Waals surface area contributed by atoms with Crippen LogP contribution in [0.4, 0.5) is 5.69 Å². The number of amides is 1. The molecule has 0 bridgehead atoms. The van der Waals surface area contributed by atoms with Crippen molar-refractivity contribution in [2.24, 2.45) is 0 Å². The highest BCUT2D eigenvalue weighted by Crippen LogP contribution is 2.25. The smallest absolute Gasteiger partial charge is 0.225 e. The molecule has 128 valence electrons. The maximum Gasteiger partial charge on any atom is 0.225 e. The first kappa shape index (κ1) is 18.4. The average molecular weight is 365 g/mol. The predicted molar refractivity (Wildman–Crippen MR) is 96.5 cm³/mol. The predicted octanol–water partition coefficient (Wildman–Crippen LogP) is 3.22. The number of benzene rings is 2. The number of nitrogens with one attached hydrogen (secondary N) is 1. The van der Waals surface area contributed by atoms with Gasteiger partial charge in [-0.15, -0.1) is 11.8 Å². The van der Waals surface area contributed by atoms with Crippen molar-refractivity contribution < 1.29 is 17.9 Å². The Morgan fingerprint density at radius 2 is 1.79 bits per heavy atom. The molecule has 2 aromatic carbocycles. The Morgan fingerprint density at radius 3 is 2.42 bits per heavy atom. The summed E-state index contributed by atoms with van der Waals surface area (Å²) in [4.78, 5) is 13.2. The molecule has 1 N–H and O–H groups in total. The maximum absolute atomic E-state index is 12.3. The van der Waals surface area contributed by atoms with Crippen LogP contribution in [0.3, 0.4) is 0 Å². The van der Waals surface area contributed by atoms with Gasteiger partial charge in [0.05, 0.1) is 23.4 Å². The molecule has 0 saturated heterocycles. The topological polar surface area (TPSA) is 72.5 Å². The zero-order valence-electron chi connectivity index (χ0n) is 13.5. The molecule has 0 radical (unpaired) electrons. The summed E-state index contributed by atoms with van der Waals surface area (Å²) in [7, 11) is -2.00. The first-order valence-corrected chi connectivity index (χ1v) is 10.1. The Labute approximate surface area is 146 Å². The minimum absolute atomic E-state index is 0.100. The van der Waals surface area contributed by atoms with Gasteiger partial charge in [0, 0.05) is 11.3 Å². The Kier molecular flexibility index (Phi) is 6.28. The van der Waals surface area contributed by atoms with E-state index in [1.54, 1.807) is 18.2 Å². The monoisotopic (exact) mass is 365 g/mol. The summed E-state index contributed by atoms with van der Waals surface area (Å²) in [5, 5.41) is 2.76. The molecular weight excluding hydrogens is 346 g/mol. The number of hydrogen-bond acceptors (Lipinski definition) is 5. The minimum atomic E-state index is -3.51. The van der Waals surface area contributed by atoms with E-state index >= 15 is 0 Å². The number of anilines is 1. The molecule has 0 aliphatic rings. The van der Waals surface area contributed by atoms with E-state index in [-0.39, 0.29) is 23.0 Å². The fourth-order valence-corrected chi connectivity index (χ4v) is 3.88. The zero-order chi connectivity index (χ0) is 17.6. The first-order chi connectivity index (χ1) is 11.5. The largest absolute Gasteiger partial charge is 0.497 e. The highest BCUT2D eigenvalue weighted by molar-refractivity contribution is 7.98. The van der Waals surface area contributed by atoms with Gasteiger partial charge in [0.25, 0.3) is 0 Å². The van der Waals surface area contributed by atoms with Crippen molar-refractivity contribution in [1.29, 1.82) is 0 Å². The van der Waals surface area contributed by atoms with Crippen LogP contribution in [0.5, 0.6) is 5.75 Å². The van der Waals surface area contributed by atoms with E-state index in [1.807, 2.05) is 24.5 Å². The number of para-hydroxylation sites is 1. The van der Waals surface area contributed by atoms with Gasteiger partial charge in [-0.25, -0.2) is 8.42 Å². The second-order valence-corrected chi connectivity index (χ2v) is 7.95. The van der Waals surface area contributed by atoms with Crippen molar-refractivity contribution >= 4 is 33.2 Å². The molecule has 0 fully saturated rings. The quantitative estimate of drug-likeness (QED) is 0.763. The van der Waals surface area contributed by atoms with Crippen LogP contribution >= 0.6 is 11.8 Å². The van der Waals surface area contributed by atoms with E-state index in [0.717, 1.165) is 4.90 Å². The SMILES string of the molecule is COc1ccc(S(=O)(=O)CCC(=O)Nc2ccccc2SC)cc1. The van der Waals surface area contributed by atoms with Crippen molar-refractivity contribution in [1.82, 2.24) is 0 Å². The van der Waals surface area contributed by atoms with E-state index in [0.29, 0.717) is 11.4 Å². The van der Waals surface area contributed by atoms with E-state index in [2.05, 4.69) is 5.32 Å². The van der Waals surface area contributed by atoms with Crippen LogP contribution in [-0.2, 0) is 14.6 Å². The molecule has 5 nitrogen and oxygen atoms in total. The van der Waals surface area contributed by atoms with Crippen LogP contribution in [0.15, 0.2) is 58.3 Å². The zero-order valence-corrected chi connectivity index (χ0v) is 15.1. The molecule has 1 amide bonds. The number of thioether (sulfide) groups is 1. The van der Waals surface area contributed by atoms with Gasteiger partial charge in [0.2, 0.25) is 5.91 Å². The number of hydrogen-bond donors (Lipinski definition) is 1. The molecule has 0 aliphatic heterocycles. The Balaban J connectivity index is 1.99. The lowest BCUT2D eigenvalue weighted by molar-refractivity contribution is -0.115. The van der Waals surface area contributed by atoms with Crippen LogP contribution in [0, 0.1) is 0 Å². The fourth-order valence-electron chi connectivity index (χ4n) is 2.09. The highest BCUT2D eigenvalue weighted by Gasteiger charge is 2.17. The van der Waals surface area contributed by atoms with Gasteiger partial charge in [0.15, 0.2) is 9.84 Å². The molecule has 0 heterocycles. The maximum atomic E-state index is 12.3. The summed E-state index contributed by atoms with van der Waals surface area (Å²) < 4.78 is 29.6. The van der Waals surface area contributed by atoms with Crippen molar-refractivity contribution in [2.45, 2.75) is 16.2 Å². The van der Waals surface area contributed by atoms with Gasteiger partial charge >= 0.3 is 0 Å². The summed E-state index contributed by atoms with van der Waals surface area (Å²) in [5.41, 5.74) is 0.692. The molecular formula is C17H19NO4S2. The molecule has 24 heavy (non-hydrogen) atoms. The molecule has 0 atom stereocenters. The Hall–Kier alpha value is -1.99. The van der Waals surface area contributed by atoms with Crippen LogP contribution in [0.25, 0.3) is 0 Å². The van der Waals surface area contributed by atoms with Gasteiger partial charge < -0.3 is 10.1 Å². The number of sulfone groups is 1. The fraction of sp³-hybridized carbons (Fsp3) is 0.235. The summed E-state index contributed by atoms with van der Waals surface area (Å²) in [6, 6.07) is 13.5. The second kappa shape index (κ2) is 8.21. The van der Waals surface area contributed by atoms with Crippen molar-refractivity contribution in [3.8, 4) is 5.75 Å². The lowest BCUT2D eigenvalue weighted by atomic mass is 10.3. The van der Waals surface area contributed by atoms with Gasteiger partial charge in [-0.3, -0.25) is 4.79 Å². The third kappa shape index (κ3) is 4.75. The summed E-state index contributed by atoms with van der Waals surface area (Å²) in [6.07, 6.45) is 1.82. The molecule has 0 spiro atoms. The normalized spacial score (nSPS) is 11.1. The van der Waals surface area contributed by atoms with Gasteiger partial charge in [-0.05, 0) is 42.7 Å². The third-order valence-corrected chi connectivity index (χ3v) is 5.93. The Morgan fingerprint density at radius 1 is 1.12 bits per heavy atom. The van der Waals surface area contributed by atoms with E-state index in [4.69, 9.17) is 4.74 Å². The highest BCUT2D eigenvalue weighted by atomic mass is 32.2. The first-order valence-electron chi connectivity index (χ1n) is 7.26. The molecule has 2 rings (SSSR count). The van der Waals surface area contributed by atoms with Gasteiger partial charge in [-0.1, -0.05) is 12.1 Å². The number of methoxy groups -OCH3 is 1. The van der Waals surface area contributed by atoms with E-state index in [9.17, 15) is 13.2 Å². The summed E-state index contributed by atoms with van der Waals surface area (Å²) in [6.45, 7) is 0. The van der Waals surface area contributed by atoms with Crippen molar-refractivity contribution in [3.05, 3.63) is 48.5 Å². The third-order valence-electron chi connectivity index (χ3n) is 3.40. The van der Waals surface area contributed by atoms with Crippen molar-refractivity contribution in [2.75, 3.05) is 24.4 Å².